The molecule has 0 saturated carbocycles. The molecule has 0 aliphatic carbocycles. The number of fused-ring (bicyclic) bond motifs is 1. The van der Waals surface area contributed by atoms with Crippen LogP contribution in [0, 0.1) is 0 Å². The van der Waals surface area contributed by atoms with Gasteiger partial charge in [0.25, 0.3) is 0 Å². The van der Waals surface area contributed by atoms with Gasteiger partial charge in [-0.25, -0.2) is 4.68 Å². The normalized spacial score (nSPS) is 12.1. The summed E-state index contributed by atoms with van der Waals surface area (Å²) in [7, 11) is 3.08. The highest BCUT2D eigenvalue weighted by atomic mass is 16.5. The molecule has 0 radical (unpaired) electrons. The molecule has 1 aromatic heterocycles. The van der Waals surface area contributed by atoms with Gasteiger partial charge in [-0.15, -0.1) is 5.10 Å². The van der Waals surface area contributed by atoms with Gasteiger partial charge < -0.3 is 19.5 Å². The van der Waals surface area contributed by atoms with Gasteiger partial charge in [-0.05, 0) is 69.7 Å². The van der Waals surface area contributed by atoms with Crippen molar-refractivity contribution in [2.24, 2.45) is 0 Å². The van der Waals surface area contributed by atoms with Crippen molar-refractivity contribution in [3.05, 3.63) is 72.3 Å². The SMILES string of the molecule is CCOc1ccc([C@H](C(=O)NC(C)(C)C)N(C(=O)Cn2nnc3ccccc32)c2cccc(OC)c2)cc1OC. The molecule has 0 aliphatic rings. The van der Waals surface area contributed by atoms with Gasteiger partial charge in [0, 0.05) is 17.3 Å². The molecule has 0 saturated heterocycles. The molecule has 3 aromatic carbocycles. The highest BCUT2D eigenvalue weighted by Crippen LogP contribution is 2.36. The van der Waals surface area contributed by atoms with Crippen LogP contribution in [0.3, 0.4) is 0 Å². The first-order chi connectivity index (χ1) is 19.1. The summed E-state index contributed by atoms with van der Waals surface area (Å²) in [5.41, 5.74) is 1.84. The molecule has 1 N–H and O–H groups in total. The second-order valence-corrected chi connectivity index (χ2v) is 10.2. The molecule has 0 aliphatic heterocycles. The van der Waals surface area contributed by atoms with E-state index in [2.05, 4.69) is 15.6 Å². The molecule has 4 rings (SSSR count). The lowest BCUT2D eigenvalue weighted by molar-refractivity contribution is -0.128. The molecule has 2 amide bonds. The van der Waals surface area contributed by atoms with Crippen LogP contribution in [0.1, 0.15) is 39.3 Å². The maximum atomic E-state index is 14.2. The molecule has 40 heavy (non-hydrogen) atoms. The predicted molar refractivity (Wildman–Crippen MR) is 153 cm³/mol. The van der Waals surface area contributed by atoms with E-state index in [-0.39, 0.29) is 18.4 Å². The molecule has 0 bridgehead atoms. The lowest BCUT2D eigenvalue weighted by Gasteiger charge is -2.34. The van der Waals surface area contributed by atoms with E-state index in [1.807, 2.05) is 52.0 Å². The number of benzene rings is 3. The van der Waals surface area contributed by atoms with Crippen LogP contribution < -0.4 is 24.4 Å². The van der Waals surface area contributed by atoms with Crippen LogP contribution in [0.25, 0.3) is 11.0 Å². The molecule has 4 aromatic rings. The summed E-state index contributed by atoms with van der Waals surface area (Å²) in [6.45, 7) is 7.85. The van der Waals surface area contributed by atoms with E-state index in [4.69, 9.17) is 14.2 Å². The Morgan fingerprint density at radius 3 is 2.45 bits per heavy atom. The highest BCUT2D eigenvalue weighted by molar-refractivity contribution is 6.02. The Morgan fingerprint density at radius 2 is 1.75 bits per heavy atom. The Labute approximate surface area is 233 Å². The first kappa shape index (κ1) is 28.4. The zero-order chi connectivity index (χ0) is 28.9. The largest absolute Gasteiger partial charge is 0.497 e. The second-order valence-electron chi connectivity index (χ2n) is 10.2. The number of hydrogen-bond acceptors (Lipinski definition) is 7. The van der Waals surface area contributed by atoms with E-state index in [0.717, 1.165) is 0 Å². The standard InChI is InChI=1S/C30H35N5O5/c1-7-40-25-16-15-20(17-26(25)39-6)28(29(37)31-30(2,3)4)35(21-11-10-12-22(18-21)38-5)27(36)19-34-24-14-9-8-13-23(24)32-33-34/h8-18,28H,7,19H2,1-6H3,(H,31,37)/t28-/m1/s1. The number of anilines is 1. The minimum absolute atomic E-state index is 0.148. The number of para-hydroxylation sites is 1. The summed E-state index contributed by atoms with van der Waals surface area (Å²) in [5, 5.41) is 11.4. The zero-order valence-corrected chi connectivity index (χ0v) is 23.7. The topological polar surface area (TPSA) is 108 Å². The minimum Gasteiger partial charge on any atom is -0.497 e. The van der Waals surface area contributed by atoms with Crippen molar-refractivity contribution < 1.29 is 23.8 Å². The summed E-state index contributed by atoms with van der Waals surface area (Å²) in [5.74, 6) is 0.801. The van der Waals surface area contributed by atoms with E-state index in [1.54, 1.807) is 49.6 Å². The number of rotatable bonds is 10. The Hall–Kier alpha value is -4.60. The van der Waals surface area contributed by atoms with Gasteiger partial charge in [0.1, 0.15) is 23.9 Å². The molecular weight excluding hydrogens is 510 g/mol. The van der Waals surface area contributed by atoms with Gasteiger partial charge in [0.15, 0.2) is 11.5 Å². The fourth-order valence-corrected chi connectivity index (χ4v) is 4.42. The average Bonchev–Trinajstić information content (AvgIpc) is 3.33. The monoisotopic (exact) mass is 545 g/mol. The van der Waals surface area contributed by atoms with Gasteiger partial charge in [-0.2, -0.15) is 0 Å². The Bertz CT molecular complexity index is 1490. The summed E-state index contributed by atoms with van der Waals surface area (Å²) < 4.78 is 18.3. The lowest BCUT2D eigenvalue weighted by Crippen LogP contribution is -2.50. The maximum Gasteiger partial charge on any atom is 0.249 e. The molecule has 0 unspecified atom stereocenters. The first-order valence-electron chi connectivity index (χ1n) is 13.0. The first-order valence-corrected chi connectivity index (χ1v) is 13.0. The lowest BCUT2D eigenvalue weighted by atomic mass is 10.00. The Kier molecular flexibility index (Phi) is 8.57. The molecule has 10 heteroatoms. The average molecular weight is 546 g/mol. The zero-order valence-electron chi connectivity index (χ0n) is 23.7. The molecule has 10 nitrogen and oxygen atoms in total. The van der Waals surface area contributed by atoms with Crippen LogP contribution in [-0.4, -0.2) is 53.2 Å². The third-order valence-corrected chi connectivity index (χ3v) is 6.11. The Morgan fingerprint density at radius 1 is 0.975 bits per heavy atom. The van der Waals surface area contributed by atoms with Crippen molar-refractivity contribution >= 4 is 28.5 Å². The van der Waals surface area contributed by atoms with Gasteiger partial charge in [0.2, 0.25) is 11.8 Å². The second kappa shape index (κ2) is 12.1. The third-order valence-electron chi connectivity index (χ3n) is 6.11. The number of carbonyl (C=O) groups excluding carboxylic acids is 2. The smallest absolute Gasteiger partial charge is 0.249 e. The molecule has 210 valence electrons. The summed E-state index contributed by atoms with van der Waals surface area (Å²) in [6.07, 6.45) is 0. The quantitative estimate of drug-likeness (QED) is 0.312. The number of ether oxygens (including phenoxy) is 3. The Balaban J connectivity index is 1.87. The maximum absolute atomic E-state index is 14.2. The highest BCUT2D eigenvalue weighted by Gasteiger charge is 2.35. The summed E-state index contributed by atoms with van der Waals surface area (Å²) >= 11 is 0. The molecule has 0 fully saturated rings. The number of nitrogens with one attached hydrogen (secondary N) is 1. The van der Waals surface area contributed by atoms with Crippen molar-refractivity contribution in [1.29, 1.82) is 0 Å². The van der Waals surface area contributed by atoms with E-state index in [0.29, 0.717) is 46.1 Å². The summed E-state index contributed by atoms with van der Waals surface area (Å²) in [4.78, 5) is 29.7. The van der Waals surface area contributed by atoms with Gasteiger partial charge in [-0.3, -0.25) is 14.5 Å². The van der Waals surface area contributed by atoms with Crippen molar-refractivity contribution in [2.45, 2.75) is 45.8 Å². The van der Waals surface area contributed by atoms with Crippen LogP contribution >= 0.6 is 0 Å². The number of methoxy groups -OCH3 is 2. The van der Waals surface area contributed by atoms with E-state index < -0.39 is 11.6 Å². The van der Waals surface area contributed by atoms with Crippen molar-refractivity contribution in [2.75, 3.05) is 25.7 Å². The van der Waals surface area contributed by atoms with E-state index in [9.17, 15) is 9.59 Å². The van der Waals surface area contributed by atoms with E-state index in [1.165, 1.54) is 16.7 Å². The van der Waals surface area contributed by atoms with Crippen LogP contribution in [0.15, 0.2) is 66.7 Å². The number of nitrogens with zero attached hydrogens (tertiary/aromatic N) is 4. The van der Waals surface area contributed by atoms with Crippen LogP contribution in [-0.2, 0) is 16.1 Å². The molecule has 0 spiro atoms. The van der Waals surface area contributed by atoms with Crippen LogP contribution in [0.2, 0.25) is 0 Å². The number of hydrogen-bond donors (Lipinski definition) is 1. The van der Waals surface area contributed by atoms with Gasteiger partial charge in [0.05, 0.1) is 26.3 Å². The van der Waals surface area contributed by atoms with E-state index >= 15 is 0 Å². The van der Waals surface area contributed by atoms with Gasteiger partial charge in [-0.1, -0.05) is 29.5 Å². The third kappa shape index (κ3) is 6.33. The minimum atomic E-state index is -1.06. The number of amides is 2. The van der Waals surface area contributed by atoms with Crippen LogP contribution in [0.5, 0.6) is 17.2 Å². The fourth-order valence-electron chi connectivity index (χ4n) is 4.42. The van der Waals surface area contributed by atoms with Crippen molar-refractivity contribution in [3.63, 3.8) is 0 Å². The molecule has 1 atom stereocenters. The summed E-state index contributed by atoms with van der Waals surface area (Å²) in [6, 6.07) is 18.6. The van der Waals surface area contributed by atoms with Crippen molar-refractivity contribution in [3.8, 4) is 17.2 Å². The number of aromatic nitrogens is 3. The fraction of sp³-hybridized carbons (Fsp3) is 0.333. The van der Waals surface area contributed by atoms with Crippen LogP contribution in [0.4, 0.5) is 5.69 Å². The van der Waals surface area contributed by atoms with Crippen molar-refractivity contribution in [1.82, 2.24) is 20.3 Å². The predicted octanol–water partition coefficient (Wildman–Crippen LogP) is 4.54. The molecular formula is C30H35N5O5. The number of carbonyl (C=O) groups is 2. The molecule has 1 heterocycles. The van der Waals surface area contributed by atoms with Gasteiger partial charge >= 0.3 is 0 Å².